The molecule has 0 amide bonds. The van der Waals surface area contributed by atoms with Gasteiger partial charge in [-0.3, -0.25) is 10.1 Å². The summed E-state index contributed by atoms with van der Waals surface area (Å²) >= 11 is 15.0. The van der Waals surface area contributed by atoms with Crippen LogP contribution in [0.4, 0.5) is 5.69 Å². The SMILES string of the molecule is O=[N+]([O-])c1ccc(Cl)cc1Oc1ccc(CCl)c(Br)c1. The van der Waals surface area contributed by atoms with Crippen molar-refractivity contribution in [1.82, 2.24) is 0 Å². The van der Waals surface area contributed by atoms with E-state index in [2.05, 4.69) is 15.9 Å². The van der Waals surface area contributed by atoms with Crippen LogP contribution in [0.1, 0.15) is 5.56 Å². The summed E-state index contributed by atoms with van der Waals surface area (Å²) in [6.07, 6.45) is 0. The summed E-state index contributed by atoms with van der Waals surface area (Å²) in [4.78, 5) is 10.4. The van der Waals surface area contributed by atoms with Gasteiger partial charge in [-0.2, -0.15) is 0 Å². The molecule has 0 aromatic heterocycles. The normalized spacial score (nSPS) is 10.3. The molecule has 2 aromatic carbocycles. The highest BCUT2D eigenvalue weighted by atomic mass is 79.9. The van der Waals surface area contributed by atoms with Crippen LogP contribution in [0.5, 0.6) is 11.5 Å². The monoisotopic (exact) mass is 375 g/mol. The molecule has 104 valence electrons. The molecule has 4 nitrogen and oxygen atoms in total. The van der Waals surface area contributed by atoms with E-state index in [1.54, 1.807) is 18.2 Å². The molecule has 2 aromatic rings. The van der Waals surface area contributed by atoms with Crippen LogP contribution in [0.15, 0.2) is 40.9 Å². The number of halogens is 3. The van der Waals surface area contributed by atoms with Crippen LogP contribution in [-0.4, -0.2) is 4.92 Å². The molecule has 0 heterocycles. The highest BCUT2D eigenvalue weighted by molar-refractivity contribution is 9.10. The predicted octanol–water partition coefficient (Wildman–Crippen LogP) is 5.54. The first kappa shape index (κ1) is 15.1. The standard InChI is InChI=1S/C13H8BrCl2NO3/c14-11-6-10(3-1-8(11)7-15)20-13-5-9(16)2-4-12(13)17(18)19/h1-6H,7H2. The van der Waals surface area contributed by atoms with E-state index < -0.39 is 4.92 Å². The Morgan fingerprint density at radius 1 is 1.25 bits per heavy atom. The van der Waals surface area contributed by atoms with E-state index >= 15 is 0 Å². The Balaban J connectivity index is 2.36. The maximum Gasteiger partial charge on any atom is 0.311 e. The number of ether oxygens (including phenoxy) is 1. The van der Waals surface area contributed by atoms with E-state index in [9.17, 15) is 10.1 Å². The topological polar surface area (TPSA) is 52.4 Å². The van der Waals surface area contributed by atoms with Crippen molar-refractivity contribution in [3.8, 4) is 11.5 Å². The highest BCUT2D eigenvalue weighted by Gasteiger charge is 2.16. The smallest absolute Gasteiger partial charge is 0.311 e. The molecule has 7 heteroatoms. The lowest BCUT2D eigenvalue weighted by Gasteiger charge is -2.08. The number of hydrogen-bond donors (Lipinski definition) is 0. The van der Waals surface area contributed by atoms with E-state index in [-0.39, 0.29) is 11.4 Å². The second-order valence-corrected chi connectivity index (χ2v) is 5.42. The summed E-state index contributed by atoms with van der Waals surface area (Å²) in [5.74, 6) is 0.905. The molecule has 0 saturated heterocycles. The molecule has 0 aliphatic rings. The molecule has 2 rings (SSSR count). The van der Waals surface area contributed by atoms with Gasteiger partial charge in [0, 0.05) is 27.5 Å². The zero-order valence-electron chi connectivity index (χ0n) is 9.98. The first-order valence-corrected chi connectivity index (χ1v) is 7.18. The van der Waals surface area contributed by atoms with Crippen LogP contribution in [0.25, 0.3) is 0 Å². The number of nitro benzene ring substituents is 1. The zero-order valence-corrected chi connectivity index (χ0v) is 13.1. The molecule has 20 heavy (non-hydrogen) atoms. The average Bonchev–Trinajstić information content (AvgIpc) is 2.38. The first-order valence-electron chi connectivity index (χ1n) is 5.47. The zero-order chi connectivity index (χ0) is 14.7. The van der Waals surface area contributed by atoms with Crippen molar-refractivity contribution in [2.45, 2.75) is 5.88 Å². The number of alkyl halides is 1. The van der Waals surface area contributed by atoms with Gasteiger partial charge in [0.2, 0.25) is 5.75 Å². The van der Waals surface area contributed by atoms with Gasteiger partial charge in [-0.1, -0.05) is 33.6 Å². The molecule has 0 aliphatic heterocycles. The molecule has 0 bridgehead atoms. The van der Waals surface area contributed by atoms with E-state index in [4.69, 9.17) is 27.9 Å². The van der Waals surface area contributed by atoms with Crippen LogP contribution in [0, 0.1) is 10.1 Å². The third-order valence-electron chi connectivity index (χ3n) is 2.51. The Hall–Kier alpha value is -1.30. The largest absolute Gasteiger partial charge is 0.450 e. The van der Waals surface area contributed by atoms with Crippen molar-refractivity contribution in [1.29, 1.82) is 0 Å². The Morgan fingerprint density at radius 3 is 2.60 bits per heavy atom. The minimum Gasteiger partial charge on any atom is -0.450 e. The second kappa shape index (κ2) is 6.43. The van der Waals surface area contributed by atoms with Gasteiger partial charge < -0.3 is 4.74 Å². The van der Waals surface area contributed by atoms with E-state index in [0.29, 0.717) is 16.7 Å². The maximum atomic E-state index is 10.9. The van der Waals surface area contributed by atoms with Crippen molar-refractivity contribution < 1.29 is 9.66 Å². The molecular formula is C13H8BrCl2NO3. The van der Waals surface area contributed by atoms with Gasteiger partial charge in [0.1, 0.15) is 5.75 Å². The Morgan fingerprint density at radius 2 is 2.00 bits per heavy atom. The summed E-state index contributed by atoms with van der Waals surface area (Å²) in [6, 6.07) is 9.32. The van der Waals surface area contributed by atoms with Crippen LogP contribution < -0.4 is 4.74 Å². The fourth-order valence-electron chi connectivity index (χ4n) is 1.55. The van der Waals surface area contributed by atoms with Gasteiger partial charge in [0.15, 0.2) is 0 Å². The van der Waals surface area contributed by atoms with Crippen molar-refractivity contribution in [2.75, 3.05) is 0 Å². The molecule has 0 aliphatic carbocycles. The molecule has 0 spiro atoms. The summed E-state index contributed by atoms with van der Waals surface area (Å²) in [6.45, 7) is 0. The quantitative estimate of drug-likeness (QED) is 0.399. The van der Waals surface area contributed by atoms with Gasteiger partial charge in [-0.15, -0.1) is 11.6 Å². The van der Waals surface area contributed by atoms with E-state index in [1.165, 1.54) is 18.2 Å². The van der Waals surface area contributed by atoms with Gasteiger partial charge in [0.05, 0.1) is 4.92 Å². The first-order chi connectivity index (χ1) is 9.51. The highest BCUT2D eigenvalue weighted by Crippen LogP contribution is 2.35. The Bertz CT molecular complexity index is 664. The Labute approximate surface area is 133 Å². The predicted molar refractivity (Wildman–Crippen MR) is 81.9 cm³/mol. The Kier molecular flexibility index (Phi) is 4.86. The molecule has 0 saturated carbocycles. The van der Waals surface area contributed by atoms with Crippen LogP contribution in [0.3, 0.4) is 0 Å². The third-order valence-corrected chi connectivity index (χ3v) is 3.78. The van der Waals surface area contributed by atoms with Crippen molar-refractivity contribution in [3.63, 3.8) is 0 Å². The summed E-state index contributed by atoms with van der Waals surface area (Å²) < 4.78 is 6.31. The molecule has 0 atom stereocenters. The molecule has 0 N–H and O–H groups in total. The fourth-order valence-corrected chi connectivity index (χ4v) is 2.60. The van der Waals surface area contributed by atoms with Crippen LogP contribution >= 0.6 is 39.1 Å². The van der Waals surface area contributed by atoms with Crippen LogP contribution in [0.2, 0.25) is 5.02 Å². The number of nitrogens with zero attached hydrogens (tertiary/aromatic N) is 1. The van der Waals surface area contributed by atoms with Gasteiger partial charge in [-0.05, 0) is 23.8 Å². The summed E-state index contributed by atoms with van der Waals surface area (Å²) in [5.41, 5.74) is 0.756. The second-order valence-electron chi connectivity index (χ2n) is 3.86. The van der Waals surface area contributed by atoms with Crippen LogP contribution in [-0.2, 0) is 5.88 Å². The number of hydrogen-bond acceptors (Lipinski definition) is 3. The van der Waals surface area contributed by atoms with E-state index in [1.807, 2.05) is 0 Å². The number of nitro groups is 1. The molecule has 0 fully saturated rings. The van der Waals surface area contributed by atoms with Crippen molar-refractivity contribution >= 4 is 44.8 Å². The molecule has 0 unspecified atom stereocenters. The number of benzene rings is 2. The lowest BCUT2D eigenvalue weighted by molar-refractivity contribution is -0.385. The molecular weight excluding hydrogens is 369 g/mol. The van der Waals surface area contributed by atoms with Gasteiger partial charge in [-0.25, -0.2) is 0 Å². The minimum absolute atomic E-state index is 0.0908. The van der Waals surface area contributed by atoms with Crippen molar-refractivity contribution in [2.24, 2.45) is 0 Å². The third kappa shape index (κ3) is 3.42. The molecule has 0 radical (unpaired) electrons. The number of rotatable bonds is 4. The summed E-state index contributed by atoms with van der Waals surface area (Å²) in [5, 5.41) is 11.3. The minimum atomic E-state index is -0.520. The lowest BCUT2D eigenvalue weighted by Crippen LogP contribution is -1.94. The van der Waals surface area contributed by atoms with Gasteiger partial charge >= 0.3 is 5.69 Å². The van der Waals surface area contributed by atoms with Gasteiger partial charge in [0.25, 0.3) is 0 Å². The summed E-state index contributed by atoms with van der Waals surface area (Å²) in [7, 11) is 0. The maximum absolute atomic E-state index is 10.9. The van der Waals surface area contributed by atoms with Crippen molar-refractivity contribution in [3.05, 3.63) is 61.6 Å². The average molecular weight is 377 g/mol. The lowest BCUT2D eigenvalue weighted by atomic mass is 10.2. The fraction of sp³-hybridized carbons (Fsp3) is 0.0769. The van der Waals surface area contributed by atoms with E-state index in [0.717, 1.165) is 10.0 Å².